The van der Waals surface area contributed by atoms with E-state index in [0.717, 1.165) is 17.7 Å². The monoisotopic (exact) mass is 372 g/mol. The number of nitrogens with zero attached hydrogens (tertiary/aromatic N) is 1. The van der Waals surface area contributed by atoms with Crippen LogP contribution in [0.4, 0.5) is 18.9 Å². The molecular weight excluding hydrogens is 353 g/mol. The summed E-state index contributed by atoms with van der Waals surface area (Å²) in [5, 5.41) is 2.83. The minimum atomic E-state index is -4.39. The van der Waals surface area contributed by atoms with Crippen molar-refractivity contribution < 1.29 is 18.0 Å². The van der Waals surface area contributed by atoms with Gasteiger partial charge in [0.1, 0.15) is 5.84 Å². The van der Waals surface area contributed by atoms with Gasteiger partial charge in [-0.15, -0.1) is 0 Å². The fourth-order valence-corrected chi connectivity index (χ4v) is 4.08. The van der Waals surface area contributed by atoms with Gasteiger partial charge < -0.3 is 5.32 Å². The number of halogens is 3. The van der Waals surface area contributed by atoms with Crippen LogP contribution in [-0.2, 0) is 17.4 Å². The molecular formula is C21H19F3N2O. The Labute approximate surface area is 155 Å². The van der Waals surface area contributed by atoms with Gasteiger partial charge in [-0.25, -0.2) is 4.99 Å². The van der Waals surface area contributed by atoms with Gasteiger partial charge in [-0.2, -0.15) is 13.2 Å². The van der Waals surface area contributed by atoms with Gasteiger partial charge in [0.05, 0.1) is 17.2 Å². The second-order valence-corrected chi connectivity index (χ2v) is 7.75. The predicted molar refractivity (Wildman–Crippen MR) is 96.8 cm³/mol. The molecule has 1 amide bonds. The molecule has 2 unspecified atom stereocenters. The van der Waals surface area contributed by atoms with Gasteiger partial charge in [0.2, 0.25) is 5.91 Å². The van der Waals surface area contributed by atoms with E-state index in [0.29, 0.717) is 17.1 Å². The summed E-state index contributed by atoms with van der Waals surface area (Å²) in [6.45, 7) is 4.10. The van der Waals surface area contributed by atoms with Crippen molar-refractivity contribution >= 4 is 17.4 Å². The molecule has 1 heterocycles. The van der Waals surface area contributed by atoms with Crippen molar-refractivity contribution in [1.29, 1.82) is 0 Å². The molecule has 1 N–H and O–H groups in total. The van der Waals surface area contributed by atoms with E-state index < -0.39 is 11.7 Å². The lowest BCUT2D eigenvalue weighted by Gasteiger charge is -2.07. The first-order valence-electron chi connectivity index (χ1n) is 8.81. The number of aliphatic imine (C=N–C) groups is 1. The number of benzene rings is 2. The third kappa shape index (κ3) is 3.13. The minimum absolute atomic E-state index is 0.125. The molecule has 27 heavy (non-hydrogen) atoms. The van der Waals surface area contributed by atoms with E-state index >= 15 is 0 Å². The molecule has 2 aliphatic rings. The third-order valence-corrected chi connectivity index (χ3v) is 5.56. The van der Waals surface area contributed by atoms with Crippen LogP contribution in [0, 0.1) is 11.3 Å². The Morgan fingerprint density at radius 3 is 2.52 bits per heavy atom. The highest BCUT2D eigenvalue weighted by molar-refractivity contribution is 6.04. The third-order valence-electron chi connectivity index (χ3n) is 5.56. The SMILES string of the molecule is CC1(C)C(C(=O)NC2=Nc3ccc(C(F)(F)F)cc3C2)C1c1ccccc1. The highest BCUT2D eigenvalue weighted by Gasteiger charge is 2.62. The van der Waals surface area contributed by atoms with Gasteiger partial charge in [-0.1, -0.05) is 44.2 Å². The molecule has 4 rings (SSSR count). The van der Waals surface area contributed by atoms with Gasteiger partial charge >= 0.3 is 6.18 Å². The molecule has 2 atom stereocenters. The number of amides is 1. The standard InChI is InChI=1S/C21H19F3N2O/c1-20(2)17(12-6-4-3-5-7-12)18(20)19(27)26-16-11-13-10-14(21(22,23)24)8-9-15(13)25-16/h3-10,17-18H,11H2,1-2H3,(H,25,26,27). The number of carbonyl (C=O) groups excluding carboxylic acids is 1. The number of hydrogen-bond donors (Lipinski definition) is 1. The Hall–Kier alpha value is -2.63. The molecule has 6 heteroatoms. The lowest BCUT2D eigenvalue weighted by molar-refractivity contribution is -0.137. The molecule has 0 spiro atoms. The van der Waals surface area contributed by atoms with E-state index in [9.17, 15) is 18.0 Å². The molecule has 140 valence electrons. The number of fused-ring (bicyclic) bond motifs is 1. The van der Waals surface area contributed by atoms with Crippen LogP contribution in [-0.4, -0.2) is 11.7 Å². The summed E-state index contributed by atoms with van der Waals surface area (Å²) in [5.74, 6) is 0.220. The molecule has 1 aliphatic carbocycles. The zero-order chi connectivity index (χ0) is 19.4. The summed E-state index contributed by atoms with van der Waals surface area (Å²) in [6, 6.07) is 13.3. The van der Waals surface area contributed by atoms with Crippen LogP contribution in [0.1, 0.15) is 36.5 Å². The topological polar surface area (TPSA) is 41.5 Å². The van der Waals surface area contributed by atoms with Gasteiger partial charge in [0, 0.05) is 12.3 Å². The summed E-state index contributed by atoms with van der Waals surface area (Å²) >= 11 is 0. The van der Waals surface area contributed by atoms with Crippen LogP contribution in [0.2, 0.25) is 0 Å². The normalized spacial score (nSPS) is 22.8. The summed E-state index contributed by atoms with van der Waals surface area (Å²) < 4.78 is 38.6. The quantitative estimate of drug-likeness (QED) is 0.805. The predicted octanol–water partition coefficient (Wildman–Crippen LogP) is 4.85. The molecule has 0 bridgehead atoms. The maximum absolute atomic E-state index is 12.9. The molecule has 0 aromatic heterocycles. The highest BCUT2D eigenvalue weighted by atomic mass is 19.4. The lowest BCUT2D eigenvalue weighted by atomic mass is 10.0. The highest BCUT2D eigenvalue weighted by Crippen LogP contribution is 2.64. The van der Waals surface area contributed by atoms with Crippen LogP contribution in [0.15, 0.2) is 53.5 Å². The smallest absolute Gasteiger partial charge is 0.314 e. The Kier molecular flexibility index (Phi) is 3.91. The van der Waals surface area contributed by atoms with Gasteiger partial charge in [-0.3, -0.25) is 4.79 Å². The number of rotatable bonds is 2. The van der Waals surface area contributed by atoms with Gasteiger partial charge in [0.15, 0.2) is 0 Å². The minimum Gasteiger partial charge on any atom is -0.314 e. The molecule has 2 aromatic carbocycles. The van der Waals surface area contributed by atoms with Crippen LogP contribution in [0.5, 0.6) is 0 Å². The van der Waals surface area contributed by atoms with Gasteiger partial charge in [-0.05, 0) is 34.7 Å². The maximum Gasteiger partial charge on any atom is 0.416 e. The Bertz CT molecular complexity index is 932. The summed E-state index contributed by atoms with van der Waals surface area (Å²) in [7, 11) is 0. The first-order valence-corrected chi connectivity index (χ1v) is 8.81. The van der Waals surface area contributed by atoms with Crippen LogP contribution in [0.3, 0.4) is 0 Å². The van der Waals surface area contributed by atoms with Crippen molar-refractivity contribution in [2.45, 2.75) is 32.4 Å². The number of carbonyl (C=O) groups is 1. The van der Waals surface area contributed by atoms with Crippen molar-refractivity contribution in [1.82, 2.24) is 5.32 Å². The summed E-state index contributed by atoms with van der Waals surface area (Å²) in [6.07, 6.45) is -4.18. The largest absolute Gasteiger partial charge is 0.416 e. The number of hydrogen-bond acceptors (Lipinski definition) is 2. The van der Waals surface area contributed by atoms with E-state index in [1.807, 2.05) is 30.3 Å². The van der Waals surface area contributed by atoms with Crippen LogP contribution >= 0.6 is 0 Å². The second-order valence-electron chi connectivity index (χ2n) is 7.75. The molecule has 1 aliphatic heterocycles. The average Bonchev–Trinajstić information content (AvgIpc) is 2.96. The van der Waals surface area contributed by atoms with Crippen LogP contribution in [0.25, 0.3) is 0 Å². The van der Waals surface area contributed by atoms with E-state index in [2.05, 4.69) is 24.2 Å². The van der Waals surface area contributed by atoms with Crippen molar-refractivity contribution in [2.75, 3.05) is 0 Å². The molecule has 1 saturated carbocycles. The van der Waals surface area contributed by atoms with Crippen molar-refractivity contribution in [2.24, 2.45) is 16.3 Å². The molecule has 1 fully saturated rings. The summed E-state index contributed by atoms with van der Waals surface area (Å²) in [4.78, 5) is 17.1. The zero-order valence-corrected chi connectivity index (χ0v) is 15.0. The Morgan fingerprint density at radius 2 is 1.85 bits per heavy atom. The van der Waals surface area contributed by atoms with E-state index in [4.69, 9.17) is 0 Å². The first kappa shape index (κ1) is 17.8. The molecule has 0 radical (unpaired) electrons. The van der Waals surface area contributed by atoms with E-state index in [1.165, 1.54) is 6.07 Å². The van der Waals surface area contributed by atoms with Crippen molar-refractivity contribution in [3.8, 4) is 0 Å². The molecule has 2 aromatic rings. The summed E-state index contributed by atoms with van der Waals surface area (Å²) in [5.41, 5.74) is 1.22. The fourth-order valence-electron chi connectivity index (χ4n) is 4.08. The maximum atomic E-state index is 12.9. The number of alkyl halides is 3. The average molecular weight is 372 g/mol. The van der Waals surface area contributed by atoms with E-state index in [1.54, 1.807) is 0 Å². The van der Waals surface area contributed by atoms with Gasteiger partial charge in [0.25, 0.3) is 0 Å². The zero-order valence-electron chi connectivity index (χ0n) is 15.0. The lowest BCUT2D eigenvalue weighted by Crippen LogP contribution is -2.33. The number of amidine groups is 1. The van der Waals surface area contributed by atoms with E-state index in [-0.39, 0.29) is 29.6 Å². The van der Waals surface area contributed by atoms with Crippen LogP contribution < -0.4 is 5.32 Å². The first-order chi connectivity index (χ1) is 12.7. The molecule has 0 saturated heterocycles. The van der Waals surface area contributed by atoms with Crippen molar-refractivity contribution in [3.63, 3.8) is 0 Å². The number of nitrogens with one attached hydrogen (secondary N) is 1. The Balaban J connectivity index is 1.47. The Morgan fingerprint density at radius 1 is 1.15 bits per heavy atom. The van der Waals surface area contributed by atoms with Crippen molar-refractivity contribution in [3.05, 3.63) is 65.2 Å². The fraction of sp³-hybridized carbons (Fsp3) is 0.333. The second kappa shape index (κ2) is 5.94. The molecule has 3 nitrogen and oxygen atoms in total.